The summed E-state index contributed by atoms with van der Waals surface area (Å²) in [6.45, 7) is 5.72. The lowest BCUT2D eigenvalue weighted by Gasteiger charge is -1.15. The van der Waals surface area contributed by atoms with Gasteiger partial charge in [0.1, 0.15) is 0 Å². The van der Waals surface area contributed by atoms with Crippen molar-refractivity contribution in [1.29, 1.82) is 21.0 Å². The molecule has 0 heterocycles. The van der Waals surface area contributed by atoms with Crippen LogP contribution in [0.4, 0.5) is 28.2 Å². The van der Waals surface area contributed by atoms with Crippen LogP contribution in [0.15, 0.2) is 0 Å². The van der Waals surface area contributed by atoms with Crippen LogP contribution in [0.5, 0.6) is 0 Å². The van der Waals surface area contributed by atoms with Crippen LogP contribution in [0, 0.1) is 45.3 Å². The quantitative estimate of drug-likeness (QED) is 0.639. The van der Waals surface area contributed by atoms with Gasteiger partial charge in [-0.25, -0.2) is 0 Å². The lowest BCUT2D eigenvalue weighted by atomic mass is 11.0. The zero-order chi connectivity index (χ0) is 10.8. The van der Waals surface area contributed by atoms with Crippen molar-refractivity contribution in [3.63, 3.8) is 0 Å². The van der Waals surface area contributed by atoms with E-state index in [0.717, 1.165) is 0 Å². The normalized spacial score (nSPS) is 1.78. The van der Waals surface area contributed by atoms with E-state index in [1.807, 2.05) is 0 Å². The van der Waals surface area contributed by atoms with Gasteiger partial charge in [-0.1, -0.05) is 0 Å². The Labute approximate surface area is 102 Å². The minimum absolute atomic E-state index is 0. The van der Waals surface area contributed by atoms with E-state index < -0.39 is 0 Å². The molecule has 4 nitrogen and oxygen atoms in total. The fourth-order valence-corrected chi connectivity index (χ4v) is 0. The van der Waals surface area contributed by atoms with Crippen molar-refractivity contribution < 1.29 is 28.2 Å². The molecule has 0 aromatic carbocycles. The van der Waals surface area contributed by atoms with E-state index in [0.29, 0.717) is 0 Å². The molecule has 112 valence electrons. The molecule has 0 fully saturated rings. The van der Waals surface area contributed by atoms with Crippen LogP contribution in [-0.4, -0.2) is 0 Å². The van der Waals surface area contributed by atoms with E-state index in [1.165, 1.54) is 27.7 Å². The van der Waals surface area contributed by atoms with Crippen LogP contribution in [0.1, 0.15) is 27.7 Å². The second-order valence-electron chi connectivity index (χ2n) is 0.894. The van der Waals surface area contributed by atoms with E-state index in [9.17, 15) is 0 Å². The highest BCUT2D eigenvalue weighted by Crippen LogP contribution is 1.22. The summed E-state index contributed by atoms with van der Waals surface area (Å²) < 4.78 is 0. The molecular formula is C8H18F6N4. The van der Waals surface area contributed by atoms with E-state index in [-0.39, 0.29) is 28.2 Å². The predicted molar refractivity (Wildman–Crippen MR) is 60.2 cm³/mol. The number of nitriles is 4. The van der Waals surface area contributed by atoms with Crippen molar-refractivity contribution in [3.8, 4) is 24.3 Å². The van der Waals surface area contributed by atoms with Crippen LogP contribution in [0.3, 0.4) is 0 Å². The van der Waals surface area contributed by atoms with E-state index in [1.54, 1.807) is 24.3 Å². The summed E-state index contributed by atoms with van der Waals surface area (Å²) >= 11 is 0. The minimum atomic E-state index is 0. The van der Waals surface area contributed by atoms with Crippen LogP contribution in [0.2, 0.25) is 0 Å². The van der Waals surface area contributed by atoms with Crippen molar-refractivity contribution in [2.24, 2.45) is 0 Å². The maximum Gasteiger partial charge on any atom is 0.0587 e. The zero-order valence-corrected chi connectivity index (χ0v) is 10.2. The number of hydrogen-bond donors (Lipinski definition) is 0. The summed E-state index contributed by atoms with van der Waals surface area (Å²) in [6.07, 6.45) is 0. The fourth-order valence-electron chi connectivity index (χ4n) is 0. The maximum absolute atomic E-state index is 7.32. The van der Waals surface area contributed by atoms with Crippen molar-refractivity contribution >= 4 is 0 Å². The molecule has 0 radical (unpaired) electrons. The zero-order valence-electron chi connectivity index (χ0n) is 10.2. The second kappa shape index (κ2) is 1120. The van der Waals surface area contributed by atoms with E-state index >= 15 is 0 Å². The molecule has 0 spiro atoms. The molecule has 0 aromatic rings. The number of halogens is 6. The Kier molecular flexibility index (Phi) is 6680. The van der Waals surface area contributed by atoms with Crippen LogP contribution in [0.25, 0.3) is 0 Å². The Morgan fingerprint density at radius 2 is 0.389 bits per heavy atom. The second-order valence-corrected chi connectivity index (χ2v) is 0.894. The van der Waals surface area contributed by atoms with Crippen LogP contribution < -0.4 is 0 Å². The van der Waals surface area contributed by atoms with Gasteiger partial charge in [0, 0.05) is 27.7 Å². The molecule has 0 aliphatic carbocycles. The fraction of sp³-hybridized carbons (Fsp3) is 0.500. The highest BCUT2D eigenvalue weighted by molar-refractivity contribution is 4.51. The molecule has 18 heavy (non-hydrogen) atoms. The summed E-state index contributed by atoms with van der Waals surface area (Å²) in [6, 6.07) is 7.00. The topological polar surface area (TPSA) is 95.2 Å². The summed E-state index contributed by atoms with van der Waals surface area (Å²) in [4.78, 5) is 0. The predicted octanol–water partition coefficient (Wildman–Crippen LogP) is 3.03. The molecule has 0 rings (SSSR count). The summed E-state index contributed by atoms with van der Waals surface area (Å²) in [5.74, 6) is 0. The summed E-state index contributed by atoms with van der Waals surface area (Å²) in [5.41, 5.74) is 0. The Bertz CT molecular complexity index is 162. The SMILES string of the molecule is CC#N.CC#N.CC#N.CC#N.F.F.F.F.F.F. The molecule has 0 saturated heterocycles. The maximum atomic E-state index is 7.32. The van der Waals surface area contributed by atoms with Gasteiger partial charge in [0.15, 0.2) is 0 Å². The third kappa shape index (κ3) is 352. The average Bonchev–Trinajstić information content (AvgIpc) is 1.92. The van der Waals surface area contributed by atoms with Crippen LogP contribution >= 0.6 is 0 Å². The Morgan fingerprint density at radius 1 is 0.389 bits per heavy atom. The van der Waals surface area contributed by atoms with Crippen molar-refractivity contribution in [1.82, 2.24) is 0 Å². The molecule has 0 aliphatic heterocycles. The Hall–Kier alpha value is -2.46. The van der Waals surface area contributed by atoms with Gasteiger partial charge >= 0.3 is 0 Å². The molecule has 0 aliphatic rings. The Balaban J connectivity index is -0.00000000533. The molecule has 10 heteroatoms. The average molecular weight is 284 g/mol. The molecule has 0 unspecified atom stereocenters. The van der Waals surface area contributed by atoms with Gasteiger partial charge in [0.05, 0.1) is 24.3 Å². The first-order chi connectivity index (χ1) is 5.66. The first-order valence-corrected chi connectivity index (χ1v) is 2.89. The third-order valence-electron chi connectivity index (χ3n) is 0. The highest BCUT2D eigenvalue weighted by Gasteiger charge is 1.18. The lowest BCUT2D eigenvalue weighted by molar-refractivity contribution is 1.11. The molecule has 0 aromatic heterocycles. The largest absolute Gasteiger partial charge is 0.269 e. The lowest BCUT2D eigenvalue weighted by Crippen LogP contribution is -1.10. The van der Waals surface area contributed by atoms with Crippen molar-refractivity contribution in [3.05, 3.63) is 0 Å². The van der Waals surface area contributed by atoms with Gasteiger partial charge in [-0.15, -0.1) is 0 Å². The molecular weight excluding hydrogens is 266 g/mol. The molecule has 0 amide bonds. The smallest absolute Gasteiger partial charge is 0.0587 e. The standard InChI is InChI=1S/4C2H3N.6FH/c4*1-2-3;;;;;;/h4*1H3;6*1H. The van der Waals surface area contributed by atoms with Gasteiger partial charge in [-0.05, 0) is 0 Å². The van der Waals surface area contributed by atoms with E-state index in [4.69, 9.17) is 21.0 Å². The molecule has 0 bridgehead atoms. The third-order valence-corrected chi connectivity index (χ3v) is 0. The first kappa shape index (κ1) is 107. The van der Waals surface area contributed by atoms with Gasteiger partial charge < -0.3 is 0 Å². The Morgan fingerprint density at radius 3 is 0.389 bits per heavy atom. The summed E-state index contributed by atoms with van der Waals surface area (Å²) in [5, 5.41) is 29.3. The van der Waals surface area contributed by atoms with Crippen LogP contribution in [-0.2, 0) is 0 Å². The summed E-state index contributed by atoms with van der Waals surface area (Å²) in [7, 11) is 0. The van der Waals surface area contributed by atoms with Gasteiger partial charge in [0.25, 0.3) is 0 Å². The van der Waals surface area contributed by atoms with Gasteiger partial charge in [-0.3, -0.25) is 28.2 Å². The first-order valence-electron chi connectivity index (χ1n) is 2.89. The molecule has 0 N–H and O–H groups in total. The number of hydrogen-bond acceptors (Lipinski definition) is 4. The van der Waals surface area contributed by atoms with Crippen molar-refractivity contribution in [2.45, 2.75) is 27.7 Å². The number of nitrogens with zero attached hydrogens (tertiary/aromatic N) is 4. The number of rotatable bonds is 0. The van der Waals surface area contributed by atoms with Gasteiger partial charge in [0.2, 0.25) is 0 Å². The molecule has 0 saturated carbocycles. The highest BCUT2D eigenvalue weighted by atomic mass is 19.0. The van der Waals surface area contributed by atoms with E-state index in [2.05, 4.69) is 0 Å². The monoisotopic (exact) mass is 284 g/mol. The van der Waals surface area contributed by atoms with Crippen molar-refractivity contribution in [2.75, 3.05) is 0 Å². The minimum Gasteiger partial charge on any atom is -0.269 e. The molecule has 0 atom stereocenters. The van der Waals surface area contributed by atoms with Gasteiger partial charge in [-0.2, -0.15) is 21.0 Å².